The number of amides is 1. The van der Waals surface area contributed by atoms with E-state index in [0.717, 1.165) is 18.6 Å². The lowest BCUT2D eigenvalue weighted by atomic mass is 10.2. The van der Waals surface area contributed by atoms with E-state index in [2.05, 4.69) is 17.4 Å². The normalized spacial score (nSPS) is 12.1. The van der Waals surface area contributed by atoms with Gasteiger partial charge in [-0.15, -0.1) is 11.8 Å². The van der Waals surface area contributed by atoms with Crippen molar-refractivity contribution in [1.29, 1.82) is 0 Å². The lowest BCUT2D eigenvalue weighted by Crippen LogP contribution is -2.41. The van der Waals surface area contributed by atoms with Gasteiger partial charge in [-0.2, -0.15) is 0 Å². The highest BCUT2D eigenvalue weighted by atomic mass is 32.2. The molecule has 1 atom stereocenters. The highest BCUT2D eigenvalue weighted by Crippen LogP contribution is 2.15. The predicted molar refractivity (Wildman–Crippen MR) is 73.1 cm³/mol. The Bertz CT molecular complexity index is 329. The van der Waals surface area contributed by atoms with Crippen molar-refractivity contribution in [1.82, 2.24) is 5.32 Å². The molecule has 0 bridgehead atoms. The van der Waals surface area contributed by atoms with E-state index in [1.807, 2.05) is 25.1 Å². The van der Waals surface area contributed by atoms with E-state index < -0.39 is 0 Å². The van der Waals surface area contributed by atoms with Crippen molar-refractivity contribution in [2.24, 2.45) is 5.73 Å². The van der Waals surface area contributed by atoms with Gasteiger partial charge in [0.2, 0.25) is 5.91 Å². The van der Waals surface area contributed by atoms with Crippen LogP contribution in [0.5, 0.6) is 0 Å². The Labute approximate surface area is 107 Å². The van der Waals surface area contributed by atoms with Crippen LogP contribution in [0.2, 0.25) is 0 Å². The van der Waals surface area contributed by atoms with Crippen molar-refractivity contribution in [3.05, 3.63) is 30.3 Å². The first-order chi connectivity index (χ1) is 8.24. The van der Waals surface area contributed by atoms with Crippen LogP contribution in [0.4, 0.5) is 0 Å². The Morgan fingerprint density at radius 3 is 2.76 bits per heavy atom. The molecule has 1 aromatic rings. The molecule has 3 nitrogen and oxygen atoms in total. The van der Waals surface area contributed by atoms with Crippen LogP contribution in [0.25, 0.3) is 0 Å². The Balaban J connectivity index is 2.14. The van der Waals surface area contributed by atoms with Gasteiger partial charge in [-0.1, -0.05) is 31.5 Å². The van der Waals surface area contributed by atoms with E-state index in [4.69, 9.17) is 5.73 Å². The third-order valence-corrected chi connectivity index (χ3v) is 3.36. The van der Waals surface area contributed by atoms with Gasteiger partial charge in [0.1, 0.15) is 0 Å². The Morgan fingerprint density at radius 2 is 2.12 bits per heavy atom. The maximum absolute atomic E-state index is 11.5. The van der Waals surface area contributed by atoms with Crippen molar-refractivity contribution >= 4 is 17.7 Å². The summed E-state index contributed by atoms with van der Waals surface area (Å²) in [6.45, 7) is 2.69. The minimum Gasteiger partial charge on any atom is -0.354 e. The van der Waals surface area contributed by atoms with Crippen molar-refractivity contribution in [2.75, 3.05) is 12.3 Å². The van der Waals surface area contributed by atoms with Gasteiger partial charge < -0.3 is 11.1 Å². The van der Waals surface area contributed by atoms with Gasteiger partial charge in [0.15, 0.2) is 0 Å². The number of hydrogen-bond donors (Lipinski definition) is 2. The average molecular weight is 252 g/mol. The summed E-state index contributed by atoms with van der Waals surface area (Å²) < 4.78 is 0. The molecule has 0 heterocycles. The number of carbonyl (C=O) groups excluding carboxylic acids is 1. The molecule has 0 aromatic heterocycles. The Morgan fingerprint density at radius 1 is 1.41 bits per heavy atom. The van der Waals surface area contributed by atoms with E-state index in [-0.39, 0.29) is 11.9 Å². The zero-order chi connectivity index (χ0) is 12.5. The number of thioether (sulfide) groups is 1. The maximum atomic E-state index is 11.5. The summed E-state index contributed by atoms with van der Waals surface area (Å²) in [5.41, 5.74) is 5.70. The molecule has 0 fully saturated rings. The van der Waals surface area contributed by atoms with Crippen LogP contribution in [0.15, 0.2) is 35.2 Å². The topological polar surface area (TPSA) is 55.1 Å². The first kappa shape index (κ1) is 14.1. The number of carbonyl (C=O) groups is 1. The van der Waals surface area contributed by atoms with E-state index in [9.17, 15) is 4.79 Å². The van der Waals surface area contributed by atoms with Crippen LogP contribution >= 0.6 is 11.8 Å². The fourth-order valence-corrected chi connectivity index (χ4v) is 2.22. The summed E-state index contributed by atoms with van der Waals surface area (Å²) in [5, 5.41) is 2.85. The maximum Gasteiger partial charge on any atom is 0.236 e. The minimum absolute atomic E-state index is 0.0412. The predicted octanol–water partition coefficient (Wildman–Crippen LogP) is 2.02. The summed E-state index contributed by atoms with van der Waals surface area (Å²) >= 11 is 1.73. The van der Waals surface area contributed by atoms with E-state index >= 15 is 0 Å². The van der Waals surface area contributed by atoms with Gasteiger partial charge in [0, 0.05) is 17.2 Å². The smallest absolute Gasteiger partial charge is 0.236 e. The number of hydrogen-bond acceptors (Lipinski definition) is 3. The summed E-state index contributed by atoms with van der Waals surface area (Å²) in [6, 6.07) is 9.79. The second kappa shape index (κ2) is 8.14. The quantitative estimate of drug-likeness (QED) is 0.576. The number of benzene rings is 1. The molecule has 4 heteroatoms. The lowest BCUT2D eigenvalue weighted by Gasteiger charge is -2.10. The molecule has 1 rings (SSSR count). The Hall–Kier alpha value is -1.00. The van der Waals surface area contributed by atoms with Crippen LogP contribution in [0.1, 0.15) is 19.8 Å². The molecule has 1 amide bonds. The van der Waals surface area contributed by atoms with Crippen LogP contribution < -0.4 is 11.1 Å². The van der Waals surface area contributed by atoms with E-state index in [1.165, 1.54) is 4.90 Å². The monoisotopic (exact) mass is 252 g/mol. The molecule has 17 heavy (non-hydrogen) atoms. The fourth-order valence-electron chi connectivity index (χ4n) is 1.43. The van der Waals surface area contributed by atoms with Crippen LogP contribution in [0, 0.1) is 0 Å². The Kier molecular flexibility index (Phi) is 6.74. The molecular weight excluding hydrogens is 232 g/mol. The van der Waals surface area contributed by atoms with Crippen molar-refractivity contribution in [3.63, 3.8) is 0 Å². The summed E-state index contributed by atoms with van der Waals surface area (Å²) in [4.78, 5) is 12.7. The molecule has 94 valence electrons. The van der Waals surface area contributed by atoms with Crippen molar-refractivity contribution in [3.8, 4) is 0 Å². The largest absolute Gasteiger partial charge is 0.354 e. The number of nitrogens with two attached hydrogens (primary N) is 1. The molecule has 0 aliphatic rings. The summed E-state index contributed by atoms with van der Waals surface area (Å²) in [6.07, 6.45) is 1.69. The molecule has 0 spiro atoms. The SMILES string of the molecule is CCC[C@H](N)C(=O)NCCSc1ccccc1. The molecule has 0 aliphatic carbocycles. The van der Waals surface area contributed by atoms with Crippen LogP contribution in [-0.2, 0) is 4.79 Å². The molecule has 0 saturated heterocycles. The molecule has 0 radical (unpaired) electrons. The van der Waals surface area contributed by atoms with Crippen molar-refractivity contribution in [2.45, 2.75) is 30.7 Å². The standard InChI is InChI=1S/C13H20N2OS/c1-2-6-12(14)13(16)15-9-10-17-11-7-4-3-5-8-11/h3-5,7-8,12H,2,6,9-10,14H2,1H3,(H,15,16)/t12-/m0/s1. The average Bonchev–Trinajstić information content (AvgIpc) is 2.36. The number of nitrogens with one attached hydrogen (secondary N) is 1. The molecule has 1 aromatic carbocycles. The zero-order valence-electron chi connectivity index (χ0n) is 10.2. The van der Waals surface area contributed by atoms with E-state index in [0.29, 0.717) is 6.54 Å². The van der Waals surface area contributed by atoms with Gasteiger partial charge in [-0.05, 0) is 18.6 Å². The second-order valence-corrected chi connectivity index (χ2v) is 5.02. The van der Waals surface area contributed by atoms with Gasteiger partial charge >= 0.3 is 0 Å². The molecular formula is C13H20N2OS. The van der Waals surface area contributed by atoms with Crippen LogP contribution in [-0.4, -0.2) is 24.2 Å². The first-order valence-corrected chi connectivity index (χ1v) is 6.93. The van der Waals surface area contributed by atoms with Gasteiger partial charge in [-0.25, -0.2) is 0 Å². The van der Waals surface area contributed by atoms with Gasteiger partial charge in [0.25, 0.3) is 0 Å². The van der Waals surface area contributed by atoms with Crippen LogP contribution in [0.3, 0.4) is 0 Å². The van der Waals surface area contributed by atoms with Crippen molar-refractivity contribution < 1.29 is 4.79 Å². The molecule has 0 unspecified atom stereocenters. The van der Waals surface area contributed by atoms with E-state index in [1.54, 1.807) is 11.8 Å². The third-order valence-electron chi connectivity index (χ3n) is 2.35. The highest BCUT2D eigenvalue weighted by Gasteiger charge is 2.10. The third kappa shape index (κ3) is 5.75. The second-order valence-electron chi connectivity index (χ2n) is 3.85. The molecule has 3 N–H and O–H groups in total. The minimum atomic E-state index is -0.360. The zero-order valence-corrected chi connectivity index (χ0v) is 11.0. The number of rotatable bonds is 7. The summed E-state index contributed by atoms with van der Waals surface area (Å²) in [5.74, 6) is 0.828. The van der Waals surface area contributed by atoms with Gasteiger partial charge in [-0.3, -0.25) is 4.79 Å². The molecule has 0 aliphatic heterocycles. The fraction of sp³-hybridized carbons (Fsp3) is 0.462. The van der Waals surface area contributed by atoms with Gasteiger partial charge in [0.05, 0.1) is 6.04 Å². The first-order valence-electron chi connectivity index (χ1n) is 5.95. The molecule has 0 saturated carbocycles. The highest BCUT2D eigenvalue weighted by molar-refractivity contribution is 7.99. The summed E-state index contributed by atoms with van der Waals surface area (Å²) in [7, 11) is 0. The lowest BCUT2D eigenvalue weighted by molar-refractivity contribution is -0.122.